The molecule has 3 unspecified atom stereocenters. The number of fused-ring (bicyclic) bond motifs is 3. The van der Waals surface area contributed by atoms with E-state index in [1.807, 2.05) is 29.2 Å². The Morgan fingerprint density at radius 1 is 1.05 bits per heavy atom. The van der Waals surface area contributed by atoms with Crippen LogP contribution in [0.2, 0.25) is 0 Å². The normalized spacial score (nSPS) is 22.1. The molecule has 3 fully saturated rings. The van der Waals surface area contributed by atoms with Crippen molar-refractivity contribution in [1.29, 1.82) is 0 Å². The number of pyridine rings is 1. The average Bonchev–Trinajstić information content (AvgIpc) is 3.53. The molecule has 1 aromatic carbocycles. The molecule has 3 aliphatic rings. The van der Waals surface area contributed by atoms with Crippen LogP contribution >= 0.6 is 0 Å². The van der Waals surface area contributed by atoms with Gasteiger partial charge in [0.15, 0.2) is 5.82 Å². The highest BCUT2D eigenvalue weighted by Crippen LogP contribution is 2.45. The summed E-state index contributed by atoms with van der Waals surface area (Å²) in [5, 5.41) is 10.8. The van der Waals surface area contributed by atoms with E-state index in [0.717, 1.165) is 46.7 Å². The minimum atomic E-state index is 0.0488. The van der Waals surface area contributed by atoms with Crippen LogP contribution in [0.3, 0.4) is 0 Å². The molecule has 1 N–H and O–H groups in total. The van der Waals surface area contributed by atoms with Gasteiger partial charge in [-0.1, -0.05) is 0 Å². The summed E-state index contributed by atoms with van der Waals surface area (Å²) in [6.45, 7) is 4.51. The van der Waals surface area contributed by atoms with Gasteiger partial charge in [0.05, 0.1) is 25.4 Å². The molecule has 1 saturated heterocycles. The van der Waals surface area contributed by atoms with Crippen molar-refractivity contribution >= 4 is 28.0 Å². The molecule has 3 aromatic heterocycles. The molecule has 7 rings (SSSR count). The Balaban J connectivity index is 1.38. The lowest BCUT2D eigenvalue weighted by Crippen LogP contribution is -2.36. The van der Waals surface area contributed by atoms with E-state index in [0.29, 0.717) is 47.9 Å². The van der Waals surface area contributed by atoms with Gasteiger partial charge < -0.3 is 28.6 Å². The molecular formula is C31H37N5O4. The third-order valence-electron chi connectivity index (χ3n) is 9.39. The number of imidazole rings is 1. The third-order valence-corrected chi connectivity index (χ3v) is 9.39. The number of hydrogen-bond acceptors (Lipinski definition) is 6. The number of nitrogens with zero attached hydrogens (tertiary/aromatic N) is 5. The van der Waals surface area contributed by atoms with Crippen molar-refractivity contribution in [2.75, 3.05) is 27.4 Å². The summed E-state index contributed by atoms with van der Waals surface area (Å²) in [6, 6.07) is 10.1. The van der Waals surface area contributed by atoms with E-state index >= 15 is 0 Å². The first kappa shape index (κ1) is 25.4. The summed E-state index contributed by atoms with van der Waals surface area (Å²) in [6.07, 6.45) is 5.42. The molecule has 0 spiro atoms. The van der Waals surface area contributed by atoms with E-state index in [1.165, 1.54) is 25.7 Å². The van der Waals surface area contributed by atoms with Crippen molar-refractivity contribution in [2.45, 2.75) is 58.2 Å². The minimum absolute atomic E-state index is 0.0488. The number of aryl methyl sites for hydroxylation is 1. The zero-order chi connectivity index (χ0) is 27.5. The van der Waals surface area contributed by atoms with E-state index in [9.17, 15) is 9.90 Å². The summed E-state index contributed by atoms with van der Waals surface area (Å²) >= 11 is 0. The number of aliphatic hydroxyl groups excluding tert-OH is 1. The Hall–Kier alpha value is -3.59. The van der Waals surface area contributed by atoms with Crippen molar-refractivity contribution in [2.24, 2.45) is 17.8 Å². The summed E-state index contributed by atoms with van der Waals surface area (Å²) in [5.74, 6) is 3.92. The lowest BCUT2D eigenvalue weighted by molar-refractivity contribution is 0.0733. The molecular weight excluding hydrogens is 506 g/mol. The highest BCUT2D eigenvalue weighted by molar-refractivity contribution is 6.00. The number of carbonyl (C=O) groups is 1. The van der Waals surface area contributed by atoms with Crippen molar-refractivity contribution in [3.63, 3.8) is 0 Å². The zero-order valence-corrected chi connectivity index (χ0v) is 23.5. The van der Waals surface area contributed by atoms with Crippen molar-refractivity contribution in [3.8, 4) is 23.1 Å². The van der Waals surface area contributed by atoms with Gasteiger partial charge in [0.1, 0.15) is 16.9 Å². The third kappa shape index (κ3) is 4.05. The second-order valence-electron chi connectivity index (χ2n) is 11.8. The fourth-order valence-corrected chi connectivity index (χ4v) is 6.84. The number of carbonyl (C=O) groups excluding carboxylic acids is 1. The second-order valence-corrected chi connectivity index (χ2v) is 11.8. The van der Waals surface area contributed by atoms with Crippen LogP contribution in [0.25, 0.3) is 33.6 Å². The second kappa shape index (κ2) is 9.80. The molecule has 0 bridgehead atoms. The summed E-state index contributed by atoms with van der Waals surface area (Å²) in [5.41, 5.74) is 4.02. The molecule has 2 saturated carbocycles. The molecule has 210 valence electrons. The average molecular weight is 544 g/mol. The first-order valence-electron chi connectivity index (χ1n) is 14.6. The molecule has 1 aliphatic heterocycles. The quantitative estimate of drug-likeness (QED) is 0.328. The fourth-order valence-electron chi connectivity index (χ4n) is 6.84. The molecule has 2 aliphatic carbocycles. The number of aromatic nitrogens is 4. The zero-order valence-electron chi connectivity index (χ0n) is 23.5. The predicted octanol–water partition coefficient (Wildman–Crippen LogP) is 4.73. The van der Waals surface area contributed by atoms with Gasteiger partial charge in [-0.3, -0.25) is 4.79 Å². The smallest absolute Gasteiger partial charge is 0.254 e. The van der Waals surface area contributed by atoms with Crippen molar-refractivity contribution in [3.05, 3.63) is 35.9 Å². The fraction of sp³-hybridized carbons (Fsp3) is 0.516. The van der Waals surface area contributed by atoms with Gasteiger partial charge in [-0.15, -0.1) is 0 Å². The van der Waals surface area contributed by atoms with E-state index in [-0.39, 0.29) is 18.6 Å². The van der Waals surface area contributed by atoms with E-state index in [1.54, 1.807) is 14.2 Å². The van der Waals surface area contributed by atoms with Crippen LogP contribution in [0.4, 0.5) is 0 Å². The molecule has 0 radical (unpaired) electrons. The highest BCUT2D eigenvalue weighted by Gasteiger charge is 2.46. The Morgan fingerprint density at radius 3 is 2.55 bits per heavy atom. The first-order valence-corrected chi connectivity index (χ1v) is 14.6. The van der Waals surface area contributed by atoms with Gasteiger partial charge in [0, 0.05) is 49.3 Å². The molecule has 9 nitrogen and oxygen atoms in total. The Bertz CT molecular complexity index is 1600. The Morgan fingerprint density at radius 2 is 1.90 bits per heavy atom. The molecule has 9 heteroatoms. The van der Waals surface area contributed by atoms with Crippen molar-refractivity contribution in [1.82, 2.24) is 24.0 Å². The van der Waals surface area contributed by atoms with Gasteiger partial charge >= 0.3 is 0 Å². The maximum absolute atomic E-state index is 13.8. The van der Waals surface area contributed by atoms with E-state index < -0.39 is 0 Å². The Kier molecular flexibility index (Phi) is 6.22. The van der Waals surface area contributed by atoms with Gasteiger partial charge in [-0.2, -0.15) is 4.98 Å². The number of methoxy groups -OCH3 is 2. The van der Waals surface area contributed by atoms with E-state index in [2.05, 4.69) is 22.1 Å². The summed E-state index contributed by atoms with van der Waals surface area (Å²) < 4.78 is 15.7. The van der Waals surface area contributed by atoms with Crippen LogP contribution in [-0.2, 0) is 13.1 Å². The summed E-state index contributed by atoms with van der Waals surface area (Å²) in [4.78, 5) is 25.7. The molecule has 4 heterocycles. The van der Waals surface area contributed by atoms with Crippen LogP contribution in [0.1, 0.15) is 49.4 Å². The lowest BCUT2D eigenvalue weighted by atomic mass is 9.73. The first-order chi connectivity index (χ1) is 19.5. The minimum Gasteiger partial charge on any atom is -0.494 e. The molecule has 4 aromatic rings. The van der Waals surface area contributed by atoms with Gasteiger partial charge in [0.25, 0.3) is 5.91 Å². The number of aliphatic hydroxyl groups is 1. The largest absolute Gasteiger partial charge is 0.494 e. The topological polar surface area (TPSA) is 94.6 Å². The summed E-state index contributed by atoms with van der Waals surface area (Å²) in [7, 11) is 3.28. The maximum atomic E-state index is 13.8. The highest BCUT2D eigenvalue weighted by atomic mass is 16.5. The molecule has 40 heavy (non-hydrogen) atoms. The van der Waals surface area contributed by atoms with Crippen molar-refractivity contribution < 1.29 is 19.4 Å². The number of amides is 1. The van der Waals surface area contributed by atoms with Crippen LogP contribution in [-0.4, -0.2) is 68.4 Å². The van der Waals surface area contributed by atoms with Gasteiger partial charge in [-0.25, -0.2) is 4.98 Å². The SMILES string of the molecule is COc1ccc2cc(-c3nc4cc(C(=O)N5CC6CCC6C5C)cc(OC)c4n3CCCO)n(CC3CC3)c2n1. The number of likely N-dealkylation sites (tertiary alicyclic amines) is 1. The molecule has 3 atom stereocenters. The van der Waals surface area contributed by atoms with Crippen LogP contribution < -0.4 is 9.47 Å². The Labute approximate surface area is 233 Å². The van der Waals surface area contributed by atoms with E-state index in [4.69, 9.17) is 19.4 Å². The van der Waals surface area contributed by atoms with Crippen LogP contribution in [0.15, 0.2) is 30.3 Å². The molecule has 1 amide bonds. The van der Waals surface area contributed by atoms with Crippen LogP contribution in [0, 0.1) is 17.8 Å². The maximum Gasteiger partial charge on any atom is 0.254 e. The number of ether oxygens (including phenoxy) is 2. The number of rotatable bonds is 9. The standard InChI is InChI=1S/C31H37N5O4/c1-18-23-9-7-21(23)17-35(18)31(38)22-13-24-28(26(15-22)39-2)34(11-4-12-37)30(32-24)25-14-20-8-10-27(40-3)33-29(20)36(25)16-19-5-6-19/h8,10,13-15,18-19,21,23,37H,4-7,9,11-12,16-17H2,1-3H3. The number of hydrogen-bond donors (Lipinski definition) is 1. The monoisotopic (exact) mass is 543 g/mol. The van der Waals surface area contributed by atoms with Gasteiger partial charge in [0.2, 0.25) is 5.88 Å². The lowest BCUT2D eigenvalue weighted by Gasteiger charge is -2.31. The van der Waals surface area contributed by atoms with Gasteiger partial charge in [-0.05, 0) is 81.0 Å². The van der Waals surface area contributed by atoms with Crippen LogP contribution in [0.5, 0.6) is 11.6 Å². The predicted molar refractivity (Wildman–Crippen MR) is 153 cm³/mol. The number of benzene rings is 1.